The topological polar surface area (TPSA) is 61.9 Å². The fourth-order valence-electron chi connectivity index (χ4n) is 3.36. The molecule has 0 radical (unpaired) electrons. The summed E-state index contributed by atoms with van der Waals surface area (Å²) in [6, 6.07) is 14.9. The molecule has 0 saturated carbocycles. The van der Waals surface area contributed by atoms with Crippen LogP contribution in [-0.2, 0) is 0 Å². The average molecular weight is 381 g/mol. The van der Waals surface area contributed by atoms with Gasteiger partial charge in [0.1, 0.15) is 5.75 Å². The van der Waals surface area contributed by atoms with E-state index in [9.17, 15) is 9.59 Å². The molecule has 2 aromatic carbocycles. The first-order chi connectivity index (χ1) is 13.5. The number of rotatable bonds is 5. The number of methoxy groups -OCH3 is 1. The second kappa shape index (κ2) is 8.78. The number of hydrogen-bond donors (Lipinski definition) is 1. The van der Waals surface area contributed by atoms with Crippen molar-refractivity contribution < 1.29 is 14.3 Å². The SMILES string of the molecule is COc1ccccc1N1CCN(C(=O)c2cccc(C(=O)NC(C)C)c2)CC1. The lowest BCUT2D eigenvalue weighted by Crippen LogP contribution is -2.48. The zero-order valence-corrected chi connectivity index (χ0v) is 16.6. The summed E-state index contributed by atoms with van der Waals surface area (Å²) >= 11 is 0. The second-order valence-electron chi connectivity index (χ2n) is 7.16. The molecule has 2 amide bonds. The Bertz CT molecular complexity index is 842. The number of amides is 2. The minimum absolute atomic E-state index is 0.0427. The fraction of sp³-hybridized carbons (Fsp3) is 0.364. The average Bonchev–Trinajstić information content (AvgIpc) is 2.73. The monoisotopic (exact) mass is 381 g/mol. The van der Waals surface area contributed by atoms with Gasteiger partial charge in [0.25, 0.3) is 11.8 Å². The van der Waals surface area contributed by atoms with E-state index in [-0.39, 0.29) is 17.9 Å². The van der Waals surface area contributed by atoms with Crippen LogP contribution in [0.3, 0.4) is 0 Å². The van der Waals surface area contributed by atoms with Gasteiger partial charge in [-0.1, -0.05) is 18.2 Å². The molecule has 1 fully saturated rings. The standard InChI is InChI=1S/C22H27N3O3/c1-16(2)23-21(26)17-7-6-8-18(15-17)22(27)25-13-11-24(12-14-25)19-9-4-5-10-20(19)28-3/h4-10,15-16H,11-14H2,1-3H3,(H,23,26). The molecule has 1 N–H and O–H groups in total. The van der Waals surface area contributed by atoms with Gasteiger partial charge >= 0.3 is 0 Å². The van der Waals surface area contributed by atoms with Crippen LogP contribution >= 0.6 is 0 Å². The highest BCUT2D eigenvalue weighted by Gasteiger charge is 2.24. The molecule has 0 bridgehead atoms. The highest BCUT2D eigenvalue weighted by Crippen LogP contribution is 2.28. The van der Waals surface area contributed by atoms with E-state index in [1.54, 1.807) is 31.4 Å². The molecule has 1 aliphatic heterocycles. The van der Waals surface area contributed by atoms with Crippen molar-refractivity contribution in [2.75, 3.05) is 38.2 Å². The molecule has 0 aliphatic carbocycles. The number of nitrogens with zero attached hydrogens (tertiary/aromatic N) is 2. The van der Waals surface area contributed by atoms with Crippen LogP contribution in [0.15, 0.2) is 48.5 Å². The first-order valence-electron chi connectivity index (χ1n) is 9.57. The zero-order chi connectivity index (χ0) is 20.1. The number of carbonyl (C=O) groups excluding carboxylic acids is 2. The largest absolute Gasteiger partial charge is 0.495 e. The maximum absolute atomic E-state index is 12.9. The molecule has 0 aromatic heterocycles. The van der Waals surface area contributed by atoms with Crippen LogP contribution in [-0.4, -0.2) is 56.0 Å². The molecule has 6 heteroatoms. The summed E-state index contributed by atoms with van der Waals surface area (Å²) in [5, 5.41) is 2.86. The van der Waals surface area contributed by atoms with E-state index < -0.39 is 0 Å². The molecule has 6 nitrogen and oxygen atoms in total. The Balaban J connectivity index is 1.66. The number of benzene rings is 2. The lowest BCUT2D eigenvalue weighted by atomic mass is 10.1. The number of para-hydroxylation sites is 2. The van der Waals surface area contributed by atoms with Gasteiger partial charge in [-0.3, -0.25) is 9.59 Å². The van der Waals surface area contributed by atoms with Gasteiger partial charge in [0.2, 0.25) is 0 Å². The van der Waals surface area contributed by atoms with E-state index in [0.717, 1.165) is 24.5 Å². The van der Waals surface area contributed by atoms with E-state index in [0.29, 0.717) is 24.2 Å². The molecule has 28 heavy (non-hydrogen) atoms. The molecular formula is C22H27N3O3. The lowest BCUT2D eigenvalue weighted by Gasteiger charge is -2.36. The number of anilines is 1. The highest BCUT2D eigenvalue weighted by molar-refractivity contribution is 5.99. The normalized spacial score (nSPS) is 14.1. The predicted molar refractivity (Wildman–Crippen MR) is 110 cm³/mol. The Morgan fingerprint density at radius 2 is 1.64 bits per heavy atom. The summed E-state index contributed by atoms with van der Waals surface area (Å²) in [7, 11) is 1.67. The van der Waals surface area contributed by atoms with E-state index in [1.165, 1.54) is 0 Å². The van der Waals surface area contributed by atoms with Crippen molar-refractivity contribution in [3.05, 3.63) is 59.7 Å². The number of hydrogen-bond acceptors (Lipinski definition) is 4. The Morgan fingerprint density at radius 1 is 0.964 bits per heavy atom. The first-order valence-corrected chi connectivity index (χ1v) is 9.57. The van der Waals surface area contributed by atoms with Crippen molar-refractivity contribution in [3.63, 3.8) is 0 Å². The summed E-state index contributed by atoms with van der Waals surface area (Å²) in [5.41, 5.74) is 2.10. The molecule has 2 aromatic rings. The van der Waals surface area contributed by atoms with Crippen molar-refractivity contribution in [2.45, 2.75) is 19.9 Å². The Morgan fingerprint density at radius 3 is 2.32 bits per heavy atom. The summed E-state index contributed by atoms with van der Waals surface area (Å²) in [6.45, 7) is 6.54. The van der Waals surface area contributed by atoms with Gasteiger partial charge < -0.3 is 19.9 Å². The predicted octanol–water partition coefficient (Wildman–Crippen LogP) is 2.80. The Labute approximate surface area is 166 Å². The van der Waals surface area contributed by atoms with Crippen LogP contribution < -0.4 is 15.0 Å². The van der Waals surface area contributed by atoms with Crippen LogP contribution in [0.5, 0.6) is 5.75 Å². The van der Waals surface area contributed by atoms with Crippen molar-refractivity contribution >= 4 is 17.5 Å². The van der Waals surface area contributed by atoms with Gasteiger partial charge in [0.05, 0.1) is 12.8 Å². The van der Waals surface area contributed by atoms with Crippen molar-refractivity contribution in [2.24, 2.45) is 0 Å². The van der Waals surface area contributed by atoms with Gasteiger partial charge in [-0.25, -0.2) is 0 Å². The quantitative estimate of drug-likeness (QED) is 0.865. The van der Waals surface area contributed by atoms with Crippen LogP contribution in [0.2, 0.25) is 0 Å². The van der Waals surface area contributed by atoms with Gasteiger partial charge in [0.15, 0.2) is 0 Å². The fourth-order valence-corrected chi connectivity index (χ4v) is 3.36. The molecule has 1 saturated heterocycles. The van der Waals surface area contributed by atoms with Gasteiger partial charge in [-0.2, -0.15) is 0 Å². The minimum atomic E-state index is -0.161. The molecule has 0 spiro atoms. The number of nitrogens with one attached hydrogen (secondary N) is 1. The van der Waals surface area contributed by atoms with E-state index in [4.69, 9.17) is 4.74 Å². The molecule has 0 atom stereocenters. The number of ether oxygens (including phenoxy) is 1. The van der Waals surface area contributed by atoms with Gasteiger partial charge in [0, 0.05) is 43.3 Å². The summed E-state index contributed by atoms with van der Waals surface area (Å²) < 4.78 is 5.45. The number of piperazine rings is 1. The van der Waals surface area contributed by atoms with Crippen LogP contribution in [0.4, 0.5) is 5.69 Å². The van der Waals surface area contributed by atoms with Crippen molar-refractivity contribution in [1.29, 1.82) is 0 Å². The van der Waals surface area contributed by atoms with Crippen LogP contribution in [0.25, 0.3) is 0 Å². The first kappa shape index (κ1) is 19.7. The summed E-state index contributed by atoms with van der Waals surface area (Å²) in [6.07, 6.45) is 0. The smallest absolute Gasteiger partial charge is 0.253 e. The maximum atomic E-state index is 12.9. The van der Waals surface area contributed by atoms with Crippen LogP contribution in [0, 0.1) is 0 Å². The number of carbonyl (C=O) groups is 2. The Hall–Kier alpha value is -3.02. The highest BCUT2D eigenvalue weighted by atomic mass is 16.5. The maximum Gasteiger partial charge on any atom is 0.253 e. The van der Waals surface area contributed by atoms with E-state index in [2.05, 4.69) is 10.2 Å². The molecule has 1 heterocycles. The third kappa shape index (κ3) is 4.44. The summed E-state index contributed by atoms with van der Waals surface area (Å²) in [4.78, 5) is 29.2. The van der Waals surface area contributed by atoms with E-state index in [1.807, 2.05) is 43.0 Å². The van der Waals surface area contributed by atoms with Gasteiger partial charge in [-0.15, -0.1) is 0 Å². The summed E-state index contributed by atoms with van der Waals surface area (Å²) in [5.74, 6) is 0.635. The Kier molecular flexibility index (Phi) is 6.19. The molecule has 3 rings (SSSR count). The zero-order valence-electron chi connectivity index (χ0n) is 16.6. The second-order valence-corrected chi connectivity index (χ2v) is 7.16. The third-order valence-corrected chi connectivity index (χ3v) is 4.78. The van der Waals surface area contributed by atoms with Gasteiger partial charge in [-0.05, 0) is 44.2 Å². The third-order valence-electron chi connectivity index (χ3n) is 4.78. The van der Waals surface area contributed by atoms with E-state index >= 15 is 0 Å². The minimum Gasteiger partial charge on any atom is -0.495 e. The van der Waals surface area contributed by atoms with Crippen molar-refractivity contribution in [3.8, 4) is 5.75 Å². The molecule has 1 aliphatic rings. The molecule has 0 unspecified atom stereocenters. The lowest BCUT2D eigenvalue weighted by molar-refractivity contribution is 0.0746. The molecule has 148 valence electrons. The van der Waals surface area contributed by atoms with Crippen LogP contribution in [0.1, 0.15) is 34.6 Å². The molecular weight excluding hydrogens is 354 g/mol. The van der Waals surface area contributed by atoms with Crippen molar-refractivity contribution in [1.82, 2.24) is 10.2 Å².